The van der Waals surface area contributed by atoms with Crippen molar-refractivity contribution < 1.29 is 9.18 Å². The van der Waals surface area contributed by atoms with Gasteiger partial charge in [-0.1, -0.05) is 15.9 Å². The Balaban J connectivity index is 1.91. The van der Waals surface area contributed by atoms with Crippen LogP contribution in [0.5, 0.6) is 0 Å². The normalized spacial score (nSPS) is 28.8. The van der Waals surface area contributed by atoms with Gasteiger partial charge in [0.1, 0.15) is 23.0 Å². The molecule has 1 spiro atoms. The zero-order chi connectivity index (χ0) is 17.7. The molecule has 2 heterocycles. The summed E-state index contributed by atoms with van der Waals surface area (Å²) < 4.78 is 14.7. The molecule has 2 atom stereocenters. The highest BCUT2D eigenvalue weighted by Gasteiger charge is 2.52. The standard InChI is InChI=1S/C17H20BrFN4O/c1-10-8-17(15(24)21-16(2,3)22-17)4-5-23(10)14-7-11(18)6-13(19)12(14)9-20/h6-7,10,22H,4-5,8H2,1-3H3,(H,21,24)/t10-,17+/m0/s1. The maximum Gasteiger partial charge on any atom is 0.241 e. The molecule has 5 nitrogen and oxygen atoms in total. The smallest absolute Gasteiger partial charge is 0.241 e. The van der Waals surface area contributed by atoms with Gasteiger partial charge in [-0.15, -0.1) is 0 Å². The van der Waals surface area contributed by atoms with Gasteiger partial charge in [-0.3, -0.25) is 10.1 Å². The number of benzene rings is 1. The van der Waals surface area contributed by atoms with E-state index in [0.717, 1.165) is 0 Å². The summed E-state index contributed by atoms with van der Waals surface area (Å²) in [5.74, 6) is -0.521. The van der Waals surface area contributed by atoms with Crippen LogP contribution in [0.3, 0.4) is 0 Å². The van der Waals surface area contributed by atoms with Gasteiger partial charge in [0.25, 0.3) is 0 Å². The van der Waals surface area contributed by atoms with E-state index in [0.29, 0.717) is 29.5 Å². The SMILES string of the molecule is C[C@H]1C[C@@]2(CCN1c1cc(Br)cc(F)c1C#N)NC(C)(C)NC2=O. The van der Waals surface area contributed by atoms with E-state index in [1.165, 1.54) is 6.07 Å². The van der Waals surface area contributed by atoms with Gasteiger partial charge in [-0.05, 0) is 45.7 Å². The molecule has 0 radical (unpaired) electrons. The van der Waals surface area contributed by atoms with E-state index in [-0.39, 0.29) is 17.5 Å². The van der Waals surface area contributed by atoms with Crippen LogP contribution < -0.4 is 15.5 Å². The van der Waals surface area contributed by atoms with E-state index in [2.05, 4.69) is 26.6 Å². The van der Waals surface area contributed by atoms with Gasteiger partial charge in [0.05, 0.1) is 11.4 Å². The van der Waals surface area contributed by atoms with E-state index in [9.17, 15) is 14.4 Å². The van der Waals surface area contributed by atoms with Crippen molar-refractivity contribution in [1.82, 2.24) is 10.6 Å². The molecule has 2 aliphatic rings. The fourth-order valence-corrected chi connectivity index (χ4v) is 4.33. The summed E-state index contributed by atoms with van der Waals surface area (Å²) in [6, 6.07) is 5.02. The van der Waals surface area contributed by atoms with Crippen molar-refractivity contribution in [2.75, 3.05) is 11.4 Å². The van der Waals surface area contributed by atoms with Gasteiger partial charge in [0.15, 0.2) is 0 Å². The second-order valence-electron chi connectivity index (χ2n) is 7.18. The Morgan fingerprint density at radius 1 is 1.46 bits per heavy atom. The predicted molar refractivity (Wildman–Crippen MR) is 92.9 cm³/mol. The molecule has 0 unspecified atom stereocenters. The first-order valence-electron chi connectivity index (χ1n) is 7.95. The monoisotopic (exact) mass is 394 g/mol. The second-order valence-corrected chi connectivity index (χ2v) is 8.09. The van der Waals surface area contributed by atoms with Crippen LogP contribution >= 0.6 is 15.9 Å². The second kappa shape index (κ2) is 5.71. The number of nitriles is 1. The van der Waals surface area contributed by atoms with Crippen LogP contribution in [-0.2, 0) is 4.79 Å². The molecule has 2 N–H and O–H groups in total. The lowest BCUT2D eigenvalue weighted by molar-refractivity contribution is -0.125. The van der Waals surface area contributed by atoms with Crippen molar-refractivity contribution in [3.8, 4) is 6.07 Å². The first-order valence-corrected chi connectivity index (χ1v) is 8.74. The third-order valence-electron chi connectivity index (χ3n) is 4.82. The van der Waals surface area contributed by atoms with E-state index in [4.69, 9.17) is 0 Å². The van der Waals surface area contributed by atoms with Gasteiger partial charge in [-0.2, -0.15) is 5.26 Å². The summed E-state index contributed by atoms with van der Waals surface area (Å²) in [5, 5.41) is 15.7. The first kappa shape index (κ1) is 17.2. The molecule has 128 valence electrons. The Labute approximate surface area is 149 Å². The molecule has 0 aliphatic carbocycles. The average Bonchev–Trinajstić information content (AvgIpc) is 2.67. The fraction of sp³-hybridized carbons (Fsp3) is 0.529. The van der Waals surface area contributed by atoms with Gasteiger partial charge < -0.3 is 10.2 Å². The van der Waals surface area contributed by atoms with E-state index < -0.39 is 17.0 Å². The maximum absolute atomic E-state index is 14.1. The summed E-state index contributed by atoms with van der Waals surface area (Å²) >= 11 is 3.29. The van der Waals surface area contributed by atoms with Crippen molar-refractivity contribution in [2.45, 2.75) is 50.9 Å². The number of nitrogens with one attached hydrogen (secondary N) is 2. The Kier molecular flexibility index (Phi) is 4.09. The minimum Gasteiger partial charge on any atom is -0.367 e. The Morgan fingerprint density at radius 3 is 2.71 bits per heavy atom. The summed E-state index contributed by atoms with van der Waals surface area (Å²) in [7, 11) is 0. The number of halogens is 2. The Morgan fingerprint density at radius 2 is 2.17 bits per heavy atom. The highest BCUT2D eigenvalue weighted by atomic mass is 79.9. The van der Waals surface area contributed by atoms with Crippen molar-refractivity contribution in [2.24, 2.45) is 0 Å². The van der Waals surface area contributed by atoms with Crippen LogP contribution in [-0.4, -0.2) is 29.7 Å². The molecule has 1 aromatic carbocycles. The van der Waals surface area contributed by atoms with E-state index in [1.54, 1.807) is 6.07 Å². The molecule has 0 aromatic heterocycles. The Bertz CT molecular complexity index is 745. The third kappa shape index (κ3) is 2.78. The molecule has 0 saturated carbocycles. The lowest BCUT2D eigenvalue weighted by atomic mass is 9.83. The van der Waals surface area contributed by atoms with Gasteiger partial charge >= 0.3 is 0 Å². The molecule has 24 heavy (non-hydrogen) atoms. The lowest BCUT2D eigenvalue weighted by Crippen LogP contribution is -2.59. The molecular weight excluding hydrogens is 375 g/mol. The molecule has 1 amide bonds. The predicted octanol–water partition coefficient (Wildman–Crippen LogP) is 2.64. The van der Waals surface area contributed by atoms with Crippen LogP contribution in [0.2, 0.25) is 0 Å². The van der Waals surface area contributed by atoms with Gasteiger partial charge in [0.2, 0.25) is 5.91 Å². The molecule has 2 fully saturated rings. The number of hydrogen-bond acceptors (Lipinski definition) is 4. The molecule has 2 aliphatic heterocycles. The van der Waals surface area contributed by atoms with Gasteiger partial charge in [-0.25, -0.2) is 4.39 Å². The minimum absolute atomic E-state index is 0.00769. The number of piperidine rings is 1. The number of hydrogen-bond donors (Lipinski definition) is 2. The number of nitrogens with zero attached hydrogens (tertiary/aromatic N) is 2. The number of amides is 1. The largest absolute Gasteiger partial charge is 0.367 e. The third-order valence-corrected chi connectivity index (χ3v) is 5.28. The van der Waals surface area contributed by atoms with Crippen molar-refractivity contribution in [3.63, 3.8) is 0 Å². The lowest BCUT2D eigenvalue weighted by Gasteiger charge is -2.44. The van der Waals surface area contributed by atoms with Crippen LogP contribution in [0, 0.1) is 17.1 Å². The van der Waals surface area contributed by atoms with Crippen LogP contribution in [0.15, 0.2) is 16.6 Å². The van der Waals surface area contributed by atoms with Crippen molar-refractivity contribution in [1.29, 1.82) is 5.26 Å². The van der Waals surface area contributed by atoms with E-state index >= 15 is 0 Å². The number of anilines is 1. The molecular formula is C17H20BrFN4O. The summed E-state index contributed by atoms with van der Waals surface area (Å²) in [4.78, 5) is 14.5. The molecule has 7 heteroatoms. The van der Waals surface area contributed by atoms with Crippen LogP contribution in [0.4, 0.5) is 10.1 Å². The Hall–Kier alpha value is -1.65. The maximum atomic E-state index is 14.1. The average molecular weight is 395 g/mol. The summed E-state index contributed by atoms with van der Waals surface area (Å²) in [5.41, 5.74) is -0.412. The van der Waals surface area contributed by atoms with Crippen LogP contribution in [0.25, 0.3) is 0 Å². The van der Waals surface area contributed by atoms with Crippen molar-refractivity contribution >= 4 is 27.5 Å². The molecule has 2 saturated heterocycles. The highest BCUT2D eigenvalue weighted by molar-refractivity contribution is 9.10. The zero-order valence-corrected chi connectivity index (χ0v) is 15.5. The molecule has 0 bridgehead atoms. The quantitative estimate of drug-likeness (QED) is 0.767. The van der Waals surface area contributed by atoms with Gasteiger partial charge in [0, 0.05) is 17.1 Å². The zero-order valence-electron chi connectivity index (χ0n) is 13.9. The van der Waals surface area contributed by atoms with Crippen LogP contribution in [0.1, 0.15) is 39.2 Å². The summed E-state index contributed by atoms with van der Waals surface area (Å²) in [6.45, 7) is 6.45. The fourth-order valence-electron chi connectivity index (χ4n) is 3.91. The molecule has 1 aromatic rings. The molecule has 3 rings (SSSR count). The van der Waals surface area contributed by atoms with E-state index in [1.807, 2.05) is 31.7 Å². The first-order chi connectivity index (χ1) is 11.2. The number of rotatable bonds is 1. The van der Waals surface area contributed by atoms with Crippen molar-refractivity contribution in [3.05, 3.63) is 28.0 Å². The highest BCUT2D eigenvalue weighted by Crippen LogP contribution is 2.37. The topological polar surface area (TPSA) is 68.2 Å². The number of carbonyl (C=O) groups is 1. The minimum atomic E-state index is -0.600. The number of carbonyl (C=O) groups excluding carboxylic acids is 1. The summed E-state index contributed by atoms with van der Waals surface area (Å²) in [6.07, 6.45) is 1.20.